The maximum absolute atomic E-state index is 12.5. The van der Waals surface area contributed by atoms with E-state index < -0.39 is 0 Å². The molecule has 2 aromatic rings. The maximum atomic E-state index is 12.5. The maximum Gasteiger partial charge on any atom is 0.343 e. The Morgan fingerprint density at radius 2 is 2.08 bits per heavy atom. The summed E-state index contributed by atoms with van der Waals surface area (Å²) in [5.41, 5.74) is -0.217. The first-order valence-corrected chi connectivity index (χ1v) is 9.74. The molecule has 0 aliphatic carbocycles. The van der Waals surface area contributed by atoms with Gasteiger partial charge in [-0.1, -0.05) is 25.1 Å². The van der Waals surface area contributed by atoms with Crippen molar-refractivity contribution in [2.45, 2.75) is 31.5 Å². The van der Waals surface area contributed by atoms with Crippen LogP contribution in [0.3, 0.4) is 0 Å². The van der Waals surface area contributed by atoms with E-state index in [-0.39, 0.29) is 17.3 Å². The lowest BCUT2D eigenvalue weighted by molar-refractivity contribution is -0.128. The molecule has 0 radical (unpaired) electrons. The van der Waals surface area contributed by atoms with Gasteiger partial charge in [-0.2, -0.15) is 0 Å². The Bertz CT molecular complexity index is 768. The zero-order valence-electron chi connectivity index (χ0n) is 14.8. The summed E-state index contributed by atoms with van der Waals surface area (Å²) in [6, 6.07) is 0. The highest BCUT2D eigenvalue weighted by atomic mass is 32.2. The van der Waals surface area contributed by atoms with Gasteiger partial charge >= 0.3 is 5.69 Å². The smallest absolute Gasteiger partial charge is 0.343 e. The number of nitrogens with zero attached hydrogens (tertiary/aromatic N) is 6. The second-order valence-corrected chi connectivity index (χ2v) is 6.98. The number of aromatic amines is 1. The Labute approximate surface area is 155 Å². The van der Waals surface area contributed by atoms with Crippen LogP contribution in [0.4, 0.5) is 5.82 Å². The second-order valence-electron chi connectivity index (χ2n) is 6.04. The molecule has 1 aliphatic heterocycles. The highest BCUT2D eigenvalue weighted by Gasteiger charge is 2.22. The molecule has 1 aliphatic rings. The Hall–Kier alpha value is -2.36. The Morgan fingerprint density at radius 1 is 1.27 bits per heavy atom. The summed E-state index contributed by atoms with van der Waals surface area (Å²) in [6.07, 6.45) is 6.96. The van der Waals surface area contributed by atoms with Crippen molar-refractivity contribution in [3.05, 3.63) is 29.1 Å². The first kappa shape index (κ1) is 18.4. The van der Waals surface area contributed by atoms with E-state index in [2.05, 4.69) is 32.0 Å². The van der Waals surface area contributed by atoms with Crippen molar-refractivity contribution in [3.8, 4) is 0 Å². The van der Waals surface area contributed by atoms with Crippen LogP contribution in [0.5, 0.6) is 0 Å². The number of anilines is 1. The molecule has 0 saturated carbocycles. The molecule has 0 spiro atoms. The molecule has 3 rings (SSSR count). The number of thioether (sulfide) groups is 1. The fraction of sp³-hybridized carbons (Fsp3) is 0.562. The fourth-order valence-electron chi connectivity index (χ4n) is 2.78. The van der Waals surface area contributed by atoms with Gasteiger partial charge in [0, 0.05) is 45.1 Å². The molecular formula is C16H23N7O2S. The lowest BCUT2D eigenvalue weighted by Crippen LogP contribution is -2.49. The van der Waals surface area contributed by atoms with Crippen LogP contribution in [-0.4, -0.2) is 67.5 Å². The molecule has 1 amide bonds. The first-order valence-electron chi connectivity index (χ1n) is 8.75. The van der Waals surface area contributed by atoms with E-state index in [0.717, 1.165) is 31.7 Å². The van der Waals surface area contributed by atoms with Crippen molar-refractivity contribution in [3.63, 3.8) is 0 Å². The number of carbonyl (C=O) groups excluding carboxylic acids is 1. The quantitative estimate of drug-likeness (QED) is 0.705. The molecule has 0 unspecified atom stereocenters. The zero-order valence-corrected chi connectivity index (χ0v) is 15.6. The minimum atomic E-state index is -0.217. The number of hydrogen-bond acceptors (Lipinski definition) is 7. The van der Waals surface area contributed by atoms with E-state index >= 15 is 0 Å². The van der Waals surface area contributed by atoms with Crippen LogP contribution in [0.2, 0.25) is 0 Å². The summed E-state index contributed by atoms with van der Waals surface area (Å²) in [5, 5.41) is 7.08. The number of unbranched alkanes of at least 4 members (excludes halogenated alkanes) is 1. The van der Waals surface area contributed by atoms with Gasteiger partial charge in [-0.05, 0) is 6.42 Å². The van der Waals surface area contributed by atoms with E-state index in [1.165, 1.54) is 11.8 Å². The van der Waals surface area contributed by atoms with Crippen molar-refractivity contribution >= 4 is 23.5 Å². The van der Waals surface area contributed by atoms with Crippen LogP contribution in [0.1, 0.15) is 19.8 Å². The van der Waals surface area contributed by atoms with Gasteiger partial charge in [0.2, 0.25) is 5.91 Å². The molecule has 1 saturated heterocycles. The Balaban J connectivity index is 1.50. The van der Waals surface area contributed by atoms with Crippen molar-refractivity contribution in [2.75, 3.05) is 36.8 Å². The van der Waals surface area contributed by atoms with Crippen LogP contribution in [-0.2, 0) is 11.3 Å². The standard InChI is InChI=1S/C16H23N7O2S/c1-2-3-6-23-15(25)19-20-16(23)26-12-14(24)22-9-7-21(8-10-22)13-11-17-4-5-18-13/h4-5,11H,2-3,6-10,12H2,1H3,(H,19,25). The molecule has 0 aromatic carbocycles. The SMILES string of the molecule is CCCCn1c(SCC(=O)N2CCN(c3cnccn3)CC2)n[nH]c1=O. The van der Waals surface area contributed by atoms with Crippen LogP contribution in [0.15, 0.2) is 28.5 Å². The van der Waals surface area contributed by atoms with E-state index in [4.69, 9.17) is 0 Å². The molecule has 1 fully saturated rings. The van der Waals surface area contributed by atoms with Gasteiger partial charge in [0.1, 0.15) is 5.82 Å². The van der Waals surface area contributed by atoms with Crippen LogP contribution < -0.4 is 10.6 Å². The summed E-state index contributed by atoms with van der Waals surface area (Å²) in [6.45, 7) is 5.47. The monoisotopic (exact) mass is 377 g/mol. The van der Waals surface area contributed by atoms with E-state index in [1.807, 2.05) is 4.90 Å². The topological polar surface area (TPSA) is 100 Å². The minimum Gasteiger partial charge on any atom is -0.352 e. The number of aromatic nitrogens is 5. The molecule has 9 nitrogen and oxygen atoms in total. The largest absolute Gasteiger partial charge is 0.352 e. The lowest BCUT2D eigenvalue weighted by atomic mass is 10.3. The van der Waals surface area contributed by atoms with Gasteiger partial charge in [-0.25, -0.2) is 14.9 Å². The molecule has 26 heavy (non-hydrogen) atoms. The third-order valence-corrected chi connectivity index (χ3v) is 5.25. The number of H-pyrrole nitrogens is 1. The van der Waals surface area contributed by atoms with Gasteiger partial charge in [0.25, 0.3) is 0 Å². The predicted octanol–water partition coefficient (Wildman–Crippen LogP) is 0.602. The highest BCUT2D eigenvalue weighted by Crippen LogP contribution is 2.16. The van der Waals surface area contributed by atoms with E-state index in [0.29, 0.717) is 24.8 Å². The molecule has 0 bridgehead atoms. The van der Waals surface area contributed by atoms with Crippen LogP contribution in [0.25, 0.3) is 0 Å². The summed E-state index contributed by atoms with van der Waals surface area (Å²) in [5.74, 6) is 1.18. The van der Waals surface area contributed by atoms with Crippen molar-refractivity contribution < 1.29 is 4.79 Å². The summed E-state index contributed by atoms with van der Waals surface area (Å²) in [7, 11) is 0. The molecule has 3 heterocycles. The van der Waals surface area contributed by atoms with Gasteiger partial charge in [-0.3, -0.25) is 14.3 Å². The van der Waals surface area contributed by atoms with Crippen molar-refractivity contribution in [2.24, 2.45) is 0 Å². The Morgan fingerprint density at radius 3 is 2.77 bits per heavy atom. The summed E-state index contributed by atoms with van der Waals surface area (Å²) in [4.78, 5) is 36.6. The number of nitrogens with one attached hydrogen (secondary N) is 1. The number of amides is 1. The number of carbonyl (C=O) groups is 1. The van der Waals surface area contributed by atoms with Crippen molar-refractivity contribution in [1.29, 1.82) is 0 Å². The summed E-state index contributed by atoms with van der Waals surface area (Å²) >= 11 is 1.31. The predicted molar refractivity (Wildman–Crippen MR) is 99.3 cm³/mol. The van der Waals surface area contributed by atoms with E-state index in [9.17, 15) is 9.59 Å². The molecule has 140 valence electrons. The van der Waals surface area contributed by atoms with Gasteiger partial charge in [0.05, 0.1) is 11.9 Å². The second kappa shape index (κ2) is 8.84. The molecule has 10 heteroatoms. The average Bonchev–Trinajstić information content (AvgIpc) is 3.04. The molecule has 1 N–H and O–H groups in total. The van der Waals surface area contributed by atoms with Gasteiger partial charge < -0.3 is 9.80 Å². The van der Waals surface area contributed by atoms with Crippen molar-refractivity contribution in [1.82, 2.24) is 29.6 Å². The lowest BCUT2D eigenvalue weighted by Gasteiger charge is -2.35. The zero-order chi connectivity index (χ0) is 18.4. The van der Waals surface area contributed by atoms with E-state index in [1.54, 1.807) is 23.2 Å². The number of hydrogen-bond donors (Lipinski definition) is 1. The van der Waals surface area contributed by atoms with Crippen LogP contribution >= 0.6 is 11.8 Å². The molecule has 2 aromatic heterocycles. The minimum absolute atomic E-state index is 0.0614. The third-order valence-electron chi connectivity index (χ3n) is 4.29. The molecular weight excluding hydrogens is 354 g/mol. The van der Waals surface area contributed by atoms with Crippen LogP contribution in [0, 0.1) is 0 Å². The third kappa shape index (κ3) is 4.43. The molecule has 0 atom stereocenters. The normalized spacial score (nSPS) is 14.7. The van der Waals surface area contributed by atoms with Gasteiger partial charge in [-0.15, -0.1) is 5.10 Å². The number of rotatable bonds is 7. The summed E-state index contributed by atoms with van der Waals surface area (Å²) < 4.78 is 1.60. The fourth-order valence-corrected chi connectivity index (χ4v) is 3.66. The average molecular weight is 377 g/mol. The first-order chi connectivity index (χ1) is 12.7. The van der Waals surface area contributed by atoms with Gasteiger partial charge in [0.15, 0.2) is 5.16 Å². The Kier molecular flexibility index (Phi) is 6.26. The number of piperazine rings is 1. The highest BCUT2D eigenvalue weighted by molar-refractivity contribution is 7.99.